The number of sulfone groups is 1. The summed E-state index contributed by atoms with van der Waals surface area (Å²) in [6.45, 7) is 5.93. The lowest BCUT2D eigenvalue weighted by molar-refractivity contribution is 0.588. The standard InChI is InChI=1S/C13H20N2O2S/c1-10(2)11-4-3-5-12-13(11)15(7-6-14)8-9-18(12,16)17/h3-5,10H,6-9,14H2,1-2H3. The molecule has 0 aliphatic carbocycles. The summed E-state index contributed by atoms with van der Waals surface area (Å²) in [5.41, 5.74) is 7.57. The van der Waals surface area contributed by atoms with Crippen molar-refractivity contribution in [3.05, 3.63) is 23.8 Å². The Balaban J connectivity index is 2.63. The van der Waals surface area contributed by atoms with E-state index in [0.29, 0.717) is 30.4 Å². The van der Waals surface area contributed by atoms with E-state index in [0.717, 1.165) is 11.3 Å². The van der Waals surface area contributed by atoms with Crippen LogP contribution in [0.5, 0.6) is 0 Å². The third-order valence-electron chi connectivity index (χ3n) is 3.33. The molecule has 2 rings (SSSR count). The van der Waals surface area contributed by atoms with Gasteiger partial charge in [-0.25, -0.2) is 8.42 Å². The zero-order valence-corrected chi connectivity index (χ0v) is 11.7. The zero-order chi connectivity index (χ0) is 13.3. The molecule has 0 unspecified atom stereocenters. The fourth-order valence-electron chi connectivity index (χ4n) is 2.43. The Bertz CT molecular complexity index is 538. The van der Waals surface area contributed by atoms with Gasteiger partial charge in [0, 0.05) is 19.6 Å². The summed E-state index contributed by atoms with van der Waals surface area (Å²) < 4.78 is 24.3. The molecule has 100 valence electrons. The molecule has 1 aromatic rings. The fraction of sp³-hybridized carbons (Fsp3) is 0.538. The Morgan fingerprint density at radius 1 is 1.39 bits per heavy atom. The van der Waals surface area contributed by atoms with Crippen LogP contribution in [0.2, 0.25) is 0 Å². The van der Waals surface area contributed by atoms with Crippen LogP contribution in [0.25, 0.3) is 0 Å². The van der Waals surface area contributed by atoms with Crippen LogP contribution >= 0.6 is 0 Å². The van der Waals surface area contributed by atoms with Gasteiger partial charge in [0.25, 0.3) is 0 Å². The van der Waals surface area contributed by atoms with Crippen molar-refractivity contribution in [2.75, 3.05) is 30.3 Å². The molecular weight excluding hydrogens is 248 g/mol. The summed E-state index contributed by atoms with van der Waals surface area (Å²) in [5.74, 6) is 0.482. The SMILES string of the molecule is CC(C)c1cccc2c1N(CCN)CCS2(=O)=O. The van der Waals surface area contributed by atoms with Crippen molar-refractivity contribution in [1.82, 2.24) is 0 Å². The Hall–Kier alpha value is -1.07. The molecule has 0 atom stereocenters. The van der Waals surface area contributed by atoms with Crippen LogP contribution < -0.4 is 10.6 Å². The Morgan fingerprint density at radius 2 is 2.11 bits per heavy atom. The van der Waals surface area contributed by atoms with E-state index < -0.39 is 9.84 Å². The van der Waals surface area contributed by atoms with Crippen molar-refractivity contribution in [3.63, 3.8) is 0 Å². The number of hydrogen-bond acceptors (Lipinski definition) is 4. The molecule has 0 saturated heterocycles. The van der Waals surface area contributed by atoms with E-state index in [1.165, 1.54) is 0 Å². The quantitative estimate of drug-likeness (QED) is 0.899. The van der Waals surface area contributed by atoms with Gasteiger partial charge in [-0.05, 0) is 17.5 Å². The van der Waals surface area contributed by atoms with Gasteiger partial charge in [0.05, 0.1) is 16.3 Å². The summed E-state index contributed by atoms with van der Waals surface area (Å²) in [6.07, 6.45) is 0. The second-order valence-corrected chi connectivity index (χ2v) is 7.02. The monoisotopic (exact) mass is 268 g/mol. The van der Waals surface area contributed by atoms with Crippen molar-refractivity contribution in [2.24, 2.45) is 5.73 Å². The van der Waals surface area contributed by atoms with Crippen molar-refractivity contribution < 1.29 is 8.42 Å². The van der Waals surface area contributed by atoms with Crippen LogP contribution in [0.1, 0.15) is 25.3 Å². The molecule has 0 spiro atoms. The van der Waals surface area contributed by atoms with Gasteiger partial charge >= 0.3 is 0 Å². The summed E-state index contributed by atoms with van der Waals surface area (Å²) in [7, 11) is -3.13. The highest BCUT2D eigenvalue weighted by Gasteiger charge is 2.30. The molecule has 0 radical (unpaired) electrons. The number of benzene rings is 1. The van der Waals surface area contributed by atoms with Gasteiger partial charge < -0.3 is 10.6 Å². The first kappa shape index (κ1) is 13.4. The van der Waals surface area contributed by atoms with Gasteiger partial charge in [-0.3, -0.25) is 0 Å². The first-order valence-corrected chi connectivity index (χ1v) is 7.93. The molecule has 0 fully saturated rings. The lowest BCUT2D eigenvalue weighted by Gasteiger charge is -2.33. The summed E-state index contributed by atoms with van der Waals surface area (Å²) in [6, 6.07) is 5.55. The second kappa shape index (κ2) is 4.90. The molecule has 1 aliphatic rings. The number of para-hydroxylation sites is 1. The number of hydrogen-bond donors (Lipinski definition) is 1. The van der Waals surface area contributed by atoms with Gasteiger partial charge in [0.15, 0.2) is 9.84 Å². The van der Waals surface area contributed by atoms with Crippen LogP contribution in [0.3, 0.4) is 0 Å². The van der Waals surface area contributed by atoms with Gasteiger partial charge in [-0.1, -0.05) is 26.0 Å². The predicted molar refractivity (Wildman–Crippen MR) is 73.9 cm³/mol. The van der Waals surface area contributed by atoms with Crippen molar-refractivity contribution in [3.8, 4) is 0 Å². The van der Waals surface area contributed by atoms with E-state index >= 15 is 0 Å². The molecule has 0 aromatic heterocycles. The third-order valence-corrected chi connectivity index (χ3v) is 5.05. The number of fused-ring (bicyclic) bond motifs is 1. The summed E-state index contributed by atoms with van der Waals surface area (Å²) in [5, 5.41) is 0. The van der Waals surface area contributed by atoms with Crippen molar-refractivity contribution >= 4 is 15.5 Å². The average molecular weight is 268 g/mol. The van der Waals surface area contributed by atoms with Gasteiger partial charge in [0.1, 0.15) is 0 Å². The van der Waals surface area contributed by atoms with E-state index in [4.69, 9.17) is 5.73 Å². The minimum absolute atomic E-state index is 0.182. The molecule has 0 saturated carbocycles. The van der Waals surface area contributed by atoms with Crippen LogP contribution in [0.4, 0.5) is 5.69 Å². The van der Waals surface area contributed by atoms with E-state index in [9.17, 15) is 8.42 Å². The number of nitrogens with two attached hydrogens (primary N) is 1. The van der Waals surface area contributed by atoms with E-state index in [2.05, 4.69) is 18.7 Å². The maximum Gasteiger partial charge on any atom is 0.182 e. The highest BCUT2D eigenvalue weighted by atomic mass is 32.2. The number of anilines is 1. The average Bonchev–Trinajstić information content (AvgIpc) is 2.32. The second-order valence-electron chi connectivity index (χ2n) is 4.94. The lowest BCUT2D eigenvalue weighted by atomic mass is 10.00. The largest absolute Gasteiger partial charge is 0.368 e. The van der Waals surface area contributed by atoms with Crippen LogP contribution in [0, 0.1) is 0 Å². The first-order valence-electron chi connectivity index (χ1n) is 6.28. The molecule has 18 heavy (non-hydrogen) atoms. The molecule has 1 heterocycles. The molecule has 1 aromatic carbocycles. The number of rotatable bonds is 3. The molecule has 2 N–H and O–H groups in total. The van der Waals surface area contributed by atoms with Gasteiger partial charge in [-0.15, -0.1) is 0 Å². The Morgan fingerprint density at radius 3 is 2.72 bits per heavy atom. The smallest absolute Gasteiger partial charge is 0.182 e. The summed E-state index contributed by atoms with van der Waals surface area (Å²) in [4.78, 5) is 2.57. The molecule has 1 aliphatic heterocycles. The highest BCUT2D eigenvalue weighted by Crippen LogP contribution is 2.36. The van der Waals surface area contributed by atoms with E-state index in [1.54, 1.807) is 6.07 Å². The minimum Gasteiger partial charge on any atom is -0.368 e. The molecular formula is C13H20N2O2S. The lowest BCUT2D eigenvalue weighted by Crippen LogP contribution is -2.39. The fourth-order valence-corrected chi connectivity index (χ4v) is 3.93. The molecule has 4 nitrogen and oxygen atoms in total. The highest BCUT2D eigenvalue weighted by molar-refractivity contribution is 7.91. The molecule has 5 heteroatoms. The predicted octanol–water partition coefficient (Wildman–Crippen LogP) is 1.36. The minimum atomic E-state index is -3.13. The van der Waals surface area contributed by atoms with Crippen LogP contribution in [0.15, 0.2) is 23.1 Å². The normalized spacial score (nSPS) is 17.9. The first-order chi connectivity index (χ1) is 8.47. The van der Waals surface area contributed by atoms with E-state index in [1.807, 2.05) is 12.1 Å². The van der Waals surface area contributed by atoms with Gasteiger partial charge in [0.2, 0.25) is 0 Å². The molecule has 0 bridgehead atoms. The van der Waals surface area contributed by atoms with E-state index in [-0.39, 0.29) is 5.75 Å². The van der Waals surface area contributed by atoms with Gasteiger partial charge in [-0.2, -0.15) is 0 Å². The maximum absolute atomic E-state index is 12.1. The zero-order valence-electron chi connectivity index (χ0n) is 10.9. The Labute approximate surface area is 109 Å². The summed E-state index contributed by atoms with van der Waals surface area (Å²) >= 11 is 0. The van der Waals surface area contributed by atoms with Crippen LogP contribution in [-0.2, 0) is 9.84 Å². The van der Waals surface area contributed by atoms with Crippen LogP contribution in [-0.4, -0.2) is 33.8 Å². The Kier molecular flexibility index (Phi) is 3.64. The molecule has 0 amide bonds. The maximum atomic E-state index is 12.1. The topological polar surface area (TPSA) is 63.4 Å². The number of nitrogens with zero attached hydrogens (tertiary/aromatic N) is 1. The van der Waals surface area contributed by atoms with Crippen molar-refractivity contribution in [2.45, 2.75) is 24.7 Å². The third kappa shape index (κ3) is 2.24. The van der Waals surface area contributed by atoms with Crippen molar-refractivity contribution in [1.29, 1.82) is 0 Å².